The standard InChI is InChI=1S/C9H10BrNO2/c1-6(12)5-8-7(10)3-4-9(11-8)13-2/h3-4H,5H2,1-2H3. The molecule has 0 bridgehead atoms. The fraction of sp³-hybridized carbons (Fsp3) is 0.333. The van der Waals surface area contributed by atoms with Crippen LogP contribution in [0.1, 0.15) is 12.6 Å². The number of ketones is 1. The maximum atomic E-state index is 10.9. The molecule has 0 aliphatic rings. The molecule has 0 saturated carbocycles. The summed E-state index contributed by atoms with van der Waals surface area (Å²) in [6.07, 6.45) is 0.331. The largest absolute Gasteiger partial charge is 0.481 e. The lowest BCUT2D eigenvalue weighted by atomic mass is 10.2. The Morgan fingerprint density at radius 1 is 1.62 bits per heavy atom. The van der Waals surface area contributed by atoms with Crippen LogP contribution in [0.3, 0.4) is 0 Å². The van der Waals surface area contributed by atoms with E-state index in [1.807, 2.05) is 6.07 Å². The Hall–Kier alpha value is -0.900. The third-order valence-corrected chi connectivity index (χ3v) is 2.24. The Kier molecular flexibility index (Phi) is 3.42. The lowest BCUT2D eigenvalue weighted by Gasteiger charge is -2.03. The fourth-order valence-corrected chi connectivity index (χ4v) is 1.30. The average molecular weight is 244 g/mol. The third kappa shape index (κ3) is 2.81. The molecule has 0 unspecified atom stereocenters. The zero-order valence-electron chi connectivity index (χ0n) is 7.50. The quantitative estimate of drug-likeness (QED) is 0.816. The Morgan fingerprint density at radius 3 is 2.85 bits per heavy atom. The maximum Gasteiger partial charge on any atom is 0.213 e. The molecule has 0 N–H and O–H groups in total. The van der Waals surface area contributed by atoms with Crippen LogP contribution >= 0.6 is 15.9 Å². The molecule has 0 atom stereocenters. The first-order valence-corrected chi connectivity index (χ1v) is 4.61. The van der Waals surface area contributed by atoms with Crippen LogP contribution < -0.4 is 4.74 Å². The van der Waals surface area contributed by atoms with E-state index in [0.717, 1.165) is 4.47 Å². The summed E-state index contributed by atoms with van der Waals surface area (Å²) in [5, 5.41) is 0. The molecular weight excluding hydrogens is 234 g/mol. The second-order valence-corrected chi connectivity index (χ2v) is 3.52. The molecule has 0 saturated heterocycles. The SMILES string of the molecule is COc1ccc(Br)c(CC(C)=O)n1. The van der Waals surface area contributed by atoms with Gasteiger partial charge in [-0.3, -0.25) is 4.79 Å². The van der Waals surface area contributed by atoms with Crippen LogP contribution in [0.25, 0.3) is 0 Å². The smallest absolute Gasteiger partial charge is 0.213 e. The summed E-state index contributed by atoms with van der Waals surface area (Å²) < 4.78 is 5.78. The average Bonchev–Trinajstić information content (AvgIpc) is 2.08. The fourth-order valence-electron chi connectivity index (χ4n) is 0.938. The van der Waals surface area contributed by atoms with Crippen LogP contribution in [-0.4, -0.2) is 17.9 Å². The minimum absolute atomic E-state index is 0.0847. The van der Waals surface area contributed by atoms with Crippen molar-refractivity contribution in [1.82, 2.24) is 4.98 Å². The van der Waals surface area contributed by atoms with Gasteiger partial charge in [0.25, 0.3) is 0 Å². The first-order valence-electron chi connectivity index (χ1n) is 3.82. The van der Waals surface area contributed by atoms with Crippen molar-refractivity contribution in [3.8, 4) is 5.88 Å². The highest BCUT2D eigenvalue weighted by Crippen LogP contribution is 2.18. The van der Waals surface area contributed by atoms with E-state index in [1.54, 1.807) is 13.2 Å². The van der Waals surface area contributed by atoms with Crippen LogP contribution in [0.15, 0.2) is 16.6 Å². The van der Waals surface area contributed by atoms with Crippen molar-refractivity contribution in [3.05, 3.63) is 22.3 Å². The third-order valence-electron chi connectivity index (χ3n) is 1.52. The summed E-state index contributed by atoms with van der Waals surface area (Å²) in [6.45, 7) is 1.54. The van der Waals surface area contributed by atoms with Gasteiger partial charge < -0.3 is 4.74 Å². The van der Waals surface area contributed by atoms with Crippen molar-refractivity contribution < 1.29 is 9.53 Å². The molecular formula is C9H10BrNO2. The Morgan fingerprint density at radius 2 is 2.31 bits per heavy atom. The summed E-state index contributed by atoms with van der Waals surface area (Å²) in [5.74, 6) is 0.612. The molecule has 70 valence electrons. The lowest BCUT2D eigenvalue weighted by Crippen LogP contribution is -2.01. The van der Waals surface area contributed by atoms with Gasteiger partial charge in [0.1, 0.15) is 5.78 Å². The van der Waals surface area contributed by atoms with Crippen molar-refractivity contribution in [3.63, 3.8) is 0 Å². The topological polar surface area (TPSA) is 39.2 Å². The molecule has 13 heavy (non-hydrogen) atoms. The molecule has 0 aromatic carbocycles. The van der Waals surface area contributed by atoms with Crippen LogP contribution in [0.2, 0.25) is 0 Å². The van der Waals surface area contributed by atoms with E-state index in [-0.39, 0.29) is 5.78 Å². The molecule has 1 aromatic rings. The number of ether oxygens (including phenoxy) is 1. The summed E-state index contributed by atoms with van der Waals surface area (Å²) >= 11 is 3.32. The monoisotopic (exact) mass is 243 g/mol. The number of rotatable bonds is 3. The van der Waals surface area contributed by atoms with Gasteiger partial charge in [0.05, 0.1) is 12.8 Å². The summed E-state index contributed by atoms with van der Waals surface area (Å²) in [6, 6.07) is 3.57. The van der Waals surface area contributed by atoms with Gasteiger partial charge in [-0.25, -0.2) is 4.98 Å². The molecule has 0 fully saturated rings. The molecule has 4 heteroatoms. The van der Waals surface area contributed by atoms with Gasteiger partial charge in [-0.15, -0.1) is 0 Å². The van der Waals surface area contributed by atoms with Crippen LogP contribution in [0, 0.1) is 0 Å². The molecule has 1 rings (SSSR count). The summed E-state index contributed by atoms with van der Waals surface area (Å²) in [7, 11) is 1.55. The van der Waals surface area contributed by atoms with Crippen LogP contribution in [0.5, 0.6) is 5.88 Å². The number of carbonyl (C=O) groups excluding carboxylic acids is 1. The van der Waals surface area contributed by atoms with E-state index in [0.29, 0.717) is 18.0 Å². The number of halogens is 1. The van der Waals surface area contributed by atoms with E-state index in [2.05, 4.69) is 20.9 Å². The van der Waals surface area contributed by atoms with Crippen molar-refractivity contribution >= 4 is 21.7 Å². The number of carbonyl (C=O) groups is 1. The Labute approximate surface area is 85.3 Å². The Balaban J connectivity index is 2.96. The van der Waals surface area contributed by atoms with E-state index in [1.165, 1.54) is 6.92 Å². The maximum absolute atomic E-state index is 10.9. The molecule has 0 radical (unpaired) electrons. The van der Waals surface area contributed by atoms with Crippen molar-refractivity contribution in [1.29, 1.82) is 0 Å². The van der Waals surface area contributed by atoms with Crippen molar-refractivity contribution in [2.75, 3.05) is 7.11 Å². The van der Waals surface area contributed by atoms with E-state index in [9.17, 15) is 4.79 Å². The Bertz CT molecular complexity index is 325. The van der Waals surface area contributed by atoms with E-state index < -0.39 is 0 Å². The summed E-state index contributed by atoms with van der Waals surface area (Å²) in [5.41, 5.74) is 0.715. The van der Waals surface area contributed by atoms with Gasteiger partial charge in [0.15, 0.2) is 0 Å². The van der Waals surface area contributed by atoms with Gasteiger partial charge in [0, 0.05) is 17.0 Å². The summed E-state index contributed by atoms with van der Waals surface area (Å²) in [4.78, 5) is 15.0. The number of hydrogen-bond donors (Lipinski definition) is 0. The minimum Gasteiger partial charge on any atom is -0.481 e. The predicted octanol–water partition coefficient (Wildman–Crippen LogP) is 1.98. The molecule has 0 spiro atoms. The number of methoxy groups -OCH3 is 1. The number of hydrogen-bond acceptors (Lipinski definition) is 3. The zero-order valence-corrected chi connectivity index (χ0v) is 9.09. The van der Waals surface area contributed by atoms with Gasteiger partial charge in [-0.2, -0.15) is 0 Å². The number of aromatic nitrogens is 1. The van der Waals surface area contributed by atoms with Crippen LogP contribution in [-0.2, 0) is 11.2 Å². The molecule has 0 amide bonds. The highest BCUT2D eigenvalue weighted by atomic mass is 79.9. The lowest BCUT2D eigenvalue weighted by molar-refractivity contribution is -0.116. The van der Waals surface area contributed by atoms with Gasteiger partial charge in [0.2, 0.25) is 5.88 Å². The zero-order chi connectivity index (χ0) is 9.84. The molecule has 1 heterocycles. The van der Waals surface area contributed by atoms with E-state index in [4.69, 9.17) is 4.74 Å². The van der Waals surface area contributed by atoms with E-state index >= 15 is 0 Å². The van der Waals surface area contributed by atoms with Gasteiger partial charge >= 0.3 is 0 Å². The normalized spacial score (nSPS) is 9.77. The molecule has 0 aliphatic heterocycles. The second kappa shape index (κ2) is 4.37. The van der Waals surface area contributed by atoms with Crippen molar-refractivity contribution in [2.45, 2.75) is 13.3 Å². The predicted molar refractivity (Wildman–Crippen MR) is 52.9 cm³/mol. The molecule has 1 aromatic heterocycles. The number of nitrogens with zero attached hydrogens (tertiary/aromatic N) is 1. The van der Waals surface area contributed by atoms with Gasteiger partial charge in [-0.05, 0) is 28.9 Å². The number of Topliss-reactive ketones (excluding diaryl/α,β-unsaturated/α-hetero) is 1. The van der Waals surface area contributed by atoms with Crippen LogP contribution in [0.4, 0.5) is 0 Å². The van der Waals surface area contributed by atoms with Crippen molar-refractivity contribution in [2.24, 2.45) is 0 Å². The first kappa shape index (κ1) is 10.2. The number of pyridine rings is 1. The second-order valence-electron chi connectivity index (χ2n) is 2.66. The molecule has 3 nitrogen and oxygen atoms in total. The highest BCUT2D eigenvalue weighted by Gasteiger charge is 2.05. The first-order chi connectivity index (χ1) is 6.13. The molecule has 0 aliphatic carbocycles. The minimum atomic E-state index is 0.0847. The van der Waals surface area contributed by atoms with Gasteiger partial charge in [-0.1, -0.05) is 0 Å². The highest BCUT2D eigenvalue weighted by molar-refractivity contribution is 9.10.